The molecule has 6 atom stereocenters. The number of benzene rings is 4. The molecule has 2 aliphatic heterocycles. The third-order valence-electron chi connectivity index (χ3n) is 12.6. The largest absolute Gasteiger partial charge is 2.00 e. The van der Waals surface area contributed by atoms with E-state index in [-0.39, 0.29) is 187 Å². The molecule has 0 spiro atoms. The second-order valence-electron chi connectivity index (χ2n) is 19.6. The van der Waals surface area contributed by atoms with E-state index in [2.05, 4.69) is 0 Å². The minimum atomic E-state index is -5.71. The molecule has 2 amide bonds. The molecule has 6 rings (SSSR count). The van der Waals surface area contributed by atoms with Crippen LogP contribution < -0.4 is 41.3 Å². The maximum atomic E-state index is 13.7. The van der Waals surface area contributed by atoms with Gasteiger partial charge in [-0.1, -0.05) is 88.4 Å². The van der Waals surface area contributed by atoms with Gasteiger partial charge in [0, 0.05) is 50.8 Å². The van der Waals surface area contributed by atoms with Crippen molar-refractivity contribution in [2.24, 2.45) is 11.8 Å². The van der Waals surface area contributed by atoms with E-state index in [9.17, 15) is 65.3 Å². The first kappa shape index (κ1) is 75.9. The first-order valence-electron chi connectivity index (χ1n) is 24.9. The first-order valence-corrected chi connectivity index (χ1v) is 30.7. The summed E-state index contributed by atoms with van der Waals surface area (Å²) in [6, 6.07) is 24.0. The average Bonchev–Trinajstić information content (AvgIpc) is 4.09. The van der Waals surface area contributed by atoms with Crippen molar-refractivity contribution in [2.75, 3.05) is 64.1 Å². The summed E-state index contributed by atoms with van der Waals surface area (Å²) in [5.41, 5.74) is 13.3. The van der Waals surface area contributed by atoms with Crippen molar-refractivity contribution in [3.05, 3.63) is 120 Å². The molecule has 0 bridgehead atoms. The smallest absolute Gasteiger partial charge is 0.790 e. The number of phosphoric acid groups is 2. The predicted octanol–water partition coefficient (Wildman–Crippen LogP) is -0.793. The number of nitrogen functional groups attached to an aromatic ring is 2. The van der Waals surface area contributed by atoms with Crippen LogP contribution in [-0.2, 0) is 60.5 Å². The molecule has 0 unspecified atom stereocenters. The molecule has 2 heterocycles. The fourth-order valence-electron chi connectivity index (χ4n) is 9.24. The summed E-state index contributed by atoms with van der Waals surface area (Å²) in [5, 5.41) is 24.9. The minimum absolute atomic E-state index is 0. The number of sulfonamides is 2. The Balaban J connectivity index is 0.000000534. The second-order valence-corrected chi connectivity index (χ2v) is 25.7. The first-order chi connectivity index (χ1) is 36.5. The zero-order chi connectivity index (χ0) is 57.6. The summed E-state index contributed by atoms with van der Waals surface area (Å²) in [4.78, 5) is 74.2. The van der Waals surface area contributed by atoms with E-state index < -0.39 is 97.3 Å². The van der Waals surface area contributed by atoms with Gasteiger partial charge in [-0.05, 0) is 97.2 Å². The quantitative estimate of drug-likeness (QED) is 0.0442. The molecule has 4 N–H and O–H groups in total. The normalized spacial score (nSPS) is 17.2. The molecule has 432 valence electrons. The van der Waals surface area contributed by atoms with Crippen LogP contribution in [0.4, 0.5) is 21.0 Å². The zero-order valence-corrected chi connectivity index (χ0v) is 55.7. The zero-order valence-electron chi connectivity index (χ0n) is 45.6. The van der Waals surface area contributed by atoms with Crippen LogP contribution in [0.15, 0.2) is 119 Å². The van der Waals surface area contributed by atoms with Crippen LogP contribution in [0.1, 0.15) is 51.7 Å². The van der Waals surface area contributed by atoms with Gasteiger partial charge in [-0.15, -0.1) is 0 Å². The molecule has 0 aliphatic carbocycles. The SMILES string of the molecule is CC(C)CN(C[C@@H](OP(=O)([O-])[O-])[C@H](Cc1ccccc1)N(C(=O)[O-])[C@H]1CCOC1)S(=O)(=O)c1ccc(N)cc1.CC(C)CN(C[C@@H](OP(=O)([O-])[O-])[C@H](Cc1ccccc1)N(C(=O)[O-])[C@H]1CCOC1)S(=O)(=O)c1ccc(N)cc1.[Ca+2].[Ca+2].[Ca+2]. The van der Waals surface area contributed by atoms with Gasteiger partial charge >= 0.3 is 113 Å². The topological polar surface area (TPSA) is 377 Å². The van der Waals surface area contributed by atoms with Crippen LogP contribution >= 0.6 is 15.6 Å². The molecule has 4 aromatic rings. The summed E-state index contributed by atoms with van der Waals surface area (Å²) in [6.07, 6.45) is -6.16. The molecule has 2 aliphatic rings. The van der Waals surface area contributed by atoms with Gasteiger partial charge < -0.3 is 88.3 Å². The molecule has 2 fully saturated rings. The number of phosphoric ester groups is 2. The van der Waals surface area contributed by atoms with Gasteiger partial charge in [0.25, 0.3) is 0 Å². The number of carboxylic acid groups (broad SMARTS) is 2. The summed E-state index contributed by atoms with van der Waals surface area (Å²) in [6.45, 7) is 6.27. The van der Waals surface area contributed by atoms with Gasteiger partial charge in [0.15, 0.2) is 0 Å². The van der Waals surface area contributed by atoms with Gasteiger partial charge in [-0.2, -0.15) is 8.61 Å². The van der Waals surface area contributed by atoms with E-state index >= 15 is 0 Å². The Morgan fingerprint density at radius 2 is 0.864 bits per heavy atom. The number of anilines is 2. The van der Waals surface area contributed by atoms with Crippen molar-refractivity contribution in [2.45, 2.75) is 99.5 Å². The number of ether oxygens (including phenoxy) is 2. The Bertz CT molecular complexity index is 2680. The molecule has 31 heteroatoms. The van der Waals surface area contributed by atoms with Gasteiger partial charge in [0.05, 0.1) is 75.0 Å². The van der Waals surface area contributed by atoms with Crippen molar-refractivity contribution in [3.8, 4) is 0 Å². The van der Waals surface area contributed by atoms with Crippen molar-refractivity contribution >= 4 is 172 Å². The third kappa shape index (κ3) is 24.1. The minimum Gasteiger partial charge on any atom is -0.790 e. The Labute approximate surface area is 563 Å². The number of hydrogen-bond donors (Lipinski definition) is 2. The van der Waals surface area contributed by atoms with Crippen LogP contribution in [0.25, 0.3) is 0 Å². The molecule has 81 heavy (non-hydrogen) atoms. The molecular formula is C50H66Ca3N6O18P2S2. The summed E-state index contributed by atoms with van der Waals surface area (Å²) >= 11 is 0. The van der Waals surface area contributed by atoms with Crippen molar-refractivity contribution in [1.82, 2.24) is 18.4 Å². The monoisotopic (exact) mass is 1280 g/mol. The number of nitrogens with zero attached hydrogens (tertiary/aromatic N) is 4. The van der Waals surface area contributed by atoms with E-state index in [4.69, 9.17) is 30.0 Å². The standard InChI is InChI=1S/2C25H36N3O9PS.3Ca/c2*1-18(2)15-27(39(34,35)22-10-8-20(26)9-11-22)16-24(37-38(31,32)33)23(14-19-6-4-3-5-7-19)28(25(29)30)21-12-13-36-17-21;;;/h2*3-11,18,21,23-24H,12-17,26H2,1-2H3,(H,29,30)(H2,31,32,33);;;/q;;3*+2/p-6/t2*21-,23-,24+;;;/m00.../s1. The van der Waals surface area contributed by atoms with Crippen LogP contribution in [0.3, 0.4) is 0 Å². The number of hydrogen-bond acceptors (Lipinski definition) is 20. The molecular weight excluding hydrogens is 1220 g/mol. The maximum absolute atomic E-state index is 13.7. The fraction of sp³-hybridized carbons (Fsp3) is 0.480. The van der Waals surface area contributed by atoms with Gasteiger partial charge in [-0.3, -0.25) is 0 Å². The van der Waals surface area contributed by atoms with Gasteiger partial charge in [-0.25, -0.2) is 16.8 Å². The van der Waals surface area contributed by atoms with Crippen molar-refractivity contribution < 1.29 is 83.9 Å². The molecule has 0 radical (unpaired) electrons. The van der Waals surface area contributed by atoms with Gasteiger partial charge in [0.1, 0.15) is 12.2 Å². The predicted molar refractivity (Wildman–Crippen MR) is 292 cm³/mol. The number of carbonyl (C=O) groups is 2. The Morgan fingerprint density at radius 1 is 0.556 bits per heavy atom. The summed E-state index contributed by atoms with van der Waals surface area (Å²) in [5.74, 6) is -0.429. The summed E-state index contributed by atoms with van der Waals surface area (Å²) in [7, 11) is -19.9. The number of rotatable bonds is 26. The third-order valence-corrected chi connectivity index (χ3v) is 17.4. The molecule has 4 aromatic carbocycles. The average molecular weight is 1290 g/mol. The molecule has 0 aromatic heterocycles. The Morgan fingerprint density at radius 3 is 1.11 bits per heavy atom. The Hall–Kier alpha value is -1.24. The van der Waals surface area contributed by atoms with Crippen LogP contribution in [0.5, 0.6) is 0 Å². The van der Waals surface area contributed by atoms with Crippen LogP contribution in [-0.4, -0.2) is 250 Å². The van der Waals surface area contributed by atoms with E-state index in [1.165, 1.54) is 48.5 Å². The van der Waals surface area contributed by atoms with Crippen molar-refractivity contribution in [3.63, 3.8) is 0 Å². The molecule has 24 nitrogen and oxygen atoms in total. The van der Waals surface area contributed by atoms with E-state index in [1.807, 2.05) is 0 Å². The molecule has 2 saturated heterocycles. The number of nitrogens with two attached hydrogens (primary N) is 2. The summed E-state index contributed by atoms with van der Waals surface area (Å²) < 4.78 is 101. The maximum Gasteiger partial charge on any atom is 2.00 e. The van der Waals surface area contributed by atoms with Gasteiger partial charge in [0.2, 0.25) is 20.0 Å². The van der Waals surface area contributed by atoms with E-state index in [0.717, 1.165) is 18.4 Å². The Kier molecular flexibility index (Phi) is 32.7. The van der Waals surface area contributed by atoms with E-state index in [1.54, 1.807) is 88.4 Å². The van der Waals surface area contributed by atoms with Crippen LogP contribution in [0, 0.1) is 11.8 Å². The number of carbonyl (C=O) groups excluding carboxylic acids is 2. The second kappa shape index (κ2) is 34.9. The number of amides is 2. The van der Waals surface area contributed by atoms with Crippen LogP contribution in [0.2, 0.25) is 0 Å². The fourth-order valence-corrected chi connectivity index (χ4v) is 13.5. The van der Waals surface area contributed by atoms with Crippen molar-refractivity contribution in [1.29, 1.82) is 0 Å². The van der Waals surface area contributed by atoms with E-state index in [0.29, 0.717) is 35.3 Å². The molecule has 0 saturated carbocycles.